The molecule has 0 saturated heterocycles. The van der Waals surface area contributed by atoms with Gasteiger partial charge in [0, 0.05) is 4.90 Å². The van der Waals surface area contributed by atoms with Crippen LogP contribution in [0.3, 0.4) is 0 Å². The number of phenolic OH excluding ortho intramolecular Hbond substituents is 1. The van der Waals surface area contributed by atoms with Crippen molar-refractivity contribution in [3.05, 3.63) is 23.3 Å². The fraction of sp³-hybridized carbons (Fsp3) is 0.250. The van der Waals surface area contributed by atoms with Crippen LogP contribution in [0.15, 0.2) is 17.0 Å². The lowest BCUT2D eigenvalue weighted by molar-refractivity contribution is 0.474. The standard InChI is InChI=1S/C8H10OS2/c1-5-3-7(9)4-6(2)8(5)11-10/h3-4,9-10H,1-2H3. The zero-order valence-corrected chi connectivity index (χ0v) is 8.17. The number of phenols is 1. The van der Waals surface area contributed by atoms with E-state index in [1.54, 1.807) is 12.1 Å². The second-order valence-corrected chi connectivity index (χ2v) is 3.64. The average Bonchev–Trinajstić information content (AvgIpc) is 1.85. The maximum atomic E-state index is 9.18. The Morgan fingerprint density at radius 1 is 1.27 bits per heavy atom. The van der Waals surface area contributed by atoms with Gasteiger partial charge in [-0.2, -0.15) is 0 Å². The molecule has 0 aliphatic carbocycles. The van der Waals surface area contributed by atoms with Gasteiger partial charge in [-0.1, -0.05) is 10.8 Å². The van der Waals surface area contributed by atoms with E-state index in [1.807, 2.05) is 13.8 Å². The SMILES string of the molecule is Cc1cc(O)cc(C)c1SS. The minimum absolute atomic E-state index is 0.325. The molecule has 0 unspecified atom stereocenters. The molecule has 0 fully saturated rings. The van der Waals surface area contributed by atoms with Crippen molar-refractivity contribution >= 4 is 22.5 Å². The summed E-state index contributed by atoms with van der Waals surface area (Å²) in [5.74, 6) is 0.325. The van der Waals surface area contributed by atoms with Gasteiger partial charge in [0.2, 0.25) is 0 Å². The largest absolute Gasteiger partial charge is 0.508 e. The quantitative estimate of drug-likeness (QED) is 0.519. The lowest BCUT2D eigenvalue weighted by atomic mass is 10.1. The third kappa shape index (κ3) is 1.84. The summed E-state index contributed by atoms with van der Waals surface area (Å²) in [4.78, 5) is 1.13. The van der Waals surface area contributed by atoms with Gasteiger partial charge < -0.3 is 5.11 Å². The van der Waals surface area contributed by atoms with Crippen molar-refractivity contribution in [2.75, 3.05) is 0 Å². The van der Waals surface area contributed by atoms with Crippen molar-refractivity contribution in [1.82, 2.24) is 0 Å². The molecular weight excluding hydrogens is 176 g/mol. The van der Waals surface area contributed by atoms with E-state index in [2.05, 4.69) is 11.7 Å². The molecule has 0 spiro atoms. The summed E-state index contributed by atoms with van der Waals surface area (Å²) in [6, 6.07) is 3.48. The maximum Gasteiger partial charge on any atom is 0.116 e. The molecule has 11 heavy (non-hydrogen) atoms. The van der Waals surface area contributed by atoms with Gasteiger partial charge in [0.05, 0.1) is 0 Å². The van der Waals surface area contributed by atoms with Crippen molar-refractivity contribution in [3.8, 4) is 5.75 Å². The van der Waals surface area contributed by atoms with Crippen LogP contribution in [-0.2, 0) is 0 Å². The number of aromatic hydroxyl groups is 1. The first-order valence-corrected chi connectivity index (χ1v) is 5.13. The number of thiol groups is 1. The molecule has 1 aromatic rings. The molecule has 0 heterocycles. The lowest BCUT2D eigenvalue weighted by Gasteiger charge is -2.05. The first-order valence-electron chi connectivity index (χ1n) is 3.27. The van der Waals surface area contributed by atoms with Crippen molar-refractivity contribution in [2.24, 2.45) is 0 Å². The Hall–Kier alpha value is -0.280. The van der Waals surface area contributed by atoms with Crippen molar-refractivity contribution in [2.45, 2.75) is 18.7 Å². The number of hydrogen-bond donors (Lipinski definition) is 2. The molecule has 1 aromatic carbocycles. The summed E-state index contributed by atoms with van der Waals surface area (Å²) in [5.41, 5.74) is 2.14. The van der Waals surface area contributed by atoms with E-state index in [9.17, 15) is 5.11 Å². The highest BCUT2D eigenvalue weighted by Crippen LogP contribution is 2.31. The van der Waals surface area contributed by atoms with E-state index in [-0.39, 0.29) is 0 Å². The topological polar surface area (TPSA) is 20.2 Å². The Morgan fingerprint density at radius 3 is 2.09 bits per heavy atom. The maximum absolute atomic E-state index is 9.18. The van der Waals surface area contributed by atoms with E-state index in [0.717, 1.165) is 16.0 Å². The molecule has 0 aromatic heterocycles. The predicted octanol–water partition coefficient (Wildman–Crippen LogP) is 2.95. The minimum Gasteiger partial charge on any atom is -0.508 e. The van der Waals surface area contributed by atoms with Gasteiger partial charge in [-0.05, 0) is 37.1 Å². The molecule has 0 bridgehead atoms. The second kappa shape index (κ2) is 3.41. The molecule has 0 amide bonds. The summed E-state index contributed by atoms with van der Waals surface area (Å²) < 4.78 is 0. The zero-order valence-electron chi connectivity index (χ0n) is 6.46. The molecular formula is C8H10OS2. The Labute approximate surface area is 75.6 Å². The number of benzene rings is 1. The molecule has 0 saturated carbocycles. The van der Waals surface area contributed by atoms with Crippen LogP contribution in [-0.4, -0.2) is 5.11 Å². The van der Waals surface area contributed by atoms with E-state index < -0.39 is 0 Å². The van der Waals surface area contributed by atoms with Gasteiger partial charge in [0.15, 0.2) is 0 Å². The summed E-state index contributed by atoms with van der Waals surface area (Å²) >= 11 is 4.12. The Morgan fingerprint density at radius 2 is 1.73 bits per heavy atom. The fourth-order valence-electron chi connectivity index (χ4n) is 1.07. The summed E-state index contributed by atoms with van der Waals surface area (Å²) in [6.07, 6.45) is 0. The fourth-order valence-corrected chi connectivity index (χ4v) is 2.34. The first-order chi connectivity index (χ1) is 5.15. The van der Waals surface area contributed by atoms with E-state index >= 15 is 0 Å². The van der Waals surface area contributed by atoms with E-state index in [0.29, 0.717) is 5.75 Å². The highest BCUT2D eigenvalue weighted by atomic mass is 33.1. The van der Waals surface area contributed by atoms with Crippen LogP contribution in [0.2, 0.25) is 0 Å². The van der Waals surface area contributed by atoms with Crippen LogP contribution < -0.4 is 0 Å². The van der Waals surface area contributed by atoms with Crippen LogP contribution in [0, 0.1) is 13.8 Å². The number of aryl methyl sites for hydroxylation is 2. The van der Waals surface area contributed by atoms with Crippen LogP contribution in [0.25, 0.3) is 0 Å². The molecule has 1 rings (SSSR count). The van der Waals surface area contributed by atoms with Crippen LogP contribution in [0.1, 0.15) is 11.1 Å². The Kier molecular flexibility index (Phi) is 2.73. The highest BCUT2D eigenvalue weighted by molar-refractivity contribution is 8.68. The minimum atomic E-state index is 0.325. The lowest BCUT2D eigenvalue weighted by Crippen LogP contribution is -1.82. The van der Waals surface area contributed by atoms with Crippen LogP contribution >= 0.6 is 22.5 Å². The zero-order chi connectivity index (χ0) is 8.43. The predicted molar refractivity (Wildman–Crippen MR) is 52.4 cm³/mol. The molecule has 0 aliphatic rings. The third-order valence-corrected chi connectivity index (χ3v) is 2.91. The molecule has 0 aliphatic heterocycles. The normalized spacial score (nSPS) is 10.1. The average molecular weight is 186 g/mol. The Bertz CT molecular complexity index is 248. The summed E-state index contributed by atoms with van der Waals surface area (Å²) in [6.45, 7) is 3.93. The molecule has 0 radical (unpaired) electrons. The molecule has 0 atom stereocenters. The first kappa shape index (κ1) is 8.81. The van der Waals surface area contributed by atoms with E-state index in [1.165, 1.54) is 10.8 Å². The van der Waals surface area contributed by atoms with Gasteiger partial charge in [-0.15, -0.1) is 11.7 Å². The van der Waals surface area contributed by atoms with E-state index in [4.69, 9.17) is 0 Å². The van der Waals surface area contributed by atoms with Crippen LogP contribution in [0.4, 0.5) is 0 Å². The van der Waals surface area contributed by atoms with Crippen molar-refractivity contribution in [1.29, 1.82) is 0 Å². The number of hydrogen-bond acceptors (Lipinski definition) is 3. The smallest absolute Gasteiger partial charge is 0.116 e. The summed E-state index contributed by atoms with van der Waals surface area (Å²) in [7, 11) is 1.41. The third-order valence-electron chi connectivity index (χ3n) is 1.54. The molecule has 60 valence electrons. The monoisotopic (exact) mass is 186 g/mol. The Balaban J connectivity index is 3.25. The van der Waals surface area contributed by atoms with Crippen LogP contribution in [0.5, 0.6) is 5.75 Å². The number of rotatable bonds is 1. The molecule has 3 heteroatoms. The van der Waals surface area contributed by atoms with Gasteiger partial charge in [-0.3, -0.25) is 0 Å². The summed E-state index contributed by atoms with van der Waals surface area (Å²) in [5, 5.41) is 9.18. The van der Waals surface area contributed by atoms with Crippen molar-refractivity contribution in [3.63, 3.8) is 0 Å². The molecule has 1 nitrogen and oxygen atoms in total. The highest BCUT2D eigenvalue weighted by Gasteiger charge is 2.02. The molecule has 1 N–H and O–H groups in total. The van der Waals surface area contributed by atoms with Crippen molar-refractivity contribution < 1.29 is 5.11 Å². The second-order valence-electron chi connectivity index (χ2n) is 2.50. The van der Waals surface area contributed by atoms with Gasteiger partial charge >= 0.3 is 0 Å². The van der Waals surface area contributed by atoms with Gasteiger partial charge in [-0.25, -0.2) is 0 Å². The van der Waals surface area contributed by atoms with Gasteiger partial charge in [0.1, 0.15) is 5.75 Å². The van der Waals surface area contributed by atoms with Gasteiger partial charge in [0.25, 0.3) is 0 Å².